The third-order valence-corrected chi connectivity index (χ3v) is 9.03. The van der Waals surface area contributed by atoms with Crippen molar-refractivity contribution in [1.29, 1.82) is 0 Å². The maximum absolute atomic E-state index is 12.6. The first-order chi connectivity index (χ1) is 15.2. The van der Waals surface area contributed by atoms with Crippen molar-refractivity contribution in [3.8, 4) is 0 Å². The molecule has 0 radical (unpaired) electrons. The van der Waals surface area contributed by atoms with Crippen molar-refractivity contribution in [2.45, 2.75) is 42.7 Å². The van der Waals surface area contributed by atoms with E-state index >= 15 is 0 Å². The van der Waals surface area contributed by atoms with Crippen LogP contribution in [-0.2, 0) is 15.8 Å². The molecule has 0 saturated heterocycles. The average Bonchev–Trinajstić information content (AvgIpc) is 3.22. The monoisotopic (exact) mass is 490 g/mol. The van der Waals surface area contributed by atoms with E-state index < -0.39 is 10.0 Å². The highest BCUT2D eigenvalue weighted by Gasteiger charge is 2.22. The Morgan fingerprint density at radius 3 is 2.41 bits per heavy atom. The molecule has 0 aliphatic rings. The van der Waals surface area contributed by atoms with Crippen molar-refractivity contribution >= 4 is 44.2 Å². The van der Waals surface area contributed by atoms with Gasteiger partial charge in [-0.2, -0.15) is 4.31 Å². The molecule has 1 heterocycles. The number of aryl methyl sites for hydroxylation is 2. The molecule has 2 aromatic carbocycles. The highest BCUT2D eigenvalue weighted by Crippen LogP contribution is 2.29. The lowest BCUT2D eigenvalue weighted by atomic mass is 10.1. The minimum atomic E-state index is -3.56. The SMILES string of the molecule is CCN(CC)S(=O)(=O)c1ccc(C(=O)Nc2nnc(SCc3cc(C)ccc3C)s2)cc1. The number of aromatic nitrogens is 2. The van der Waals surface area contributed by atoms with E-state index in [-0.39, 0.29) is 10.8 Å². The molecule has 0 atom stereocenters. The number of hydrogen-bond acceptors (Lipinski definition) is 7. The van der Waals surface area contributed by atoms with Crippen LogP contribution in [0.25, 0.3) is 0 Å². The number of hydrogen-bond donors (Lipinski definition) is 1. The first-order valence-electron chi connectivity index (χ1n) is 10.2. The Morgan fingerprint density at radius 2 is 1.75 bits per heavy atom. The van der Waals surface area contributed by atoms with Gasteiger partial charge < -0.3 is 0 Å². The molecule has 0 aliphatic carbocycles. The number of nitrogens with one attached hydrogen (secondary N) is 1. The van der Waals surface area contributed by atoms with Crippen LogP contribution in [0, 0.1) is 13.8 Å². The summed E-state index contributed by atoms with van der Waals surface area (Å²) in [5, 5.41) is 11.3. The molecule has 0 spiro atoms. The number of anilines is 1. The minimum Gasteiger partial charge on any atom is -0.296 e. The predicted octanol–water partition coefficient (Wildman–Crippen LogP) is 4.73. The summed E-state index contributed by atoms with van der Waals surface area (Å²) in [6.45, 7) is 8.51. The molecule has 0 saturated carbocycles. The average molecular weight is 491 g/mol. The number of amides is 1. The van der Waals surface area contributed by atoms with E-state index in [1.807, 2.05) is 0 Å². The van der Waals surface area contributed by atoms with E-state index in [1.165, 1.54) is 56.6 Å². The van der Waals surface area contributed by atoms with Crippen LogP contribution in [0.2, 0.25) is 0 Å². The van der Waals surface area contributed by atoms with Crippen LogP contribution in [0.3, 0.4) is 0 Å². The summed E-state index contributed by atoms with van der Waals surface area (Å²) in [6, 6.07) is 12.3. The lowest BCUT2D eigenvalue weighted by Gasteiger charge is -2.18. The summed E-state index contributed by atoms with van der Waals surface area (Å²) in [4.78, 5) is 12.7. The number of sulfonamides is 1. The van der Waals surface area contributed by atoms with E-state index in [0.717, 1.165) is 10.1 Å². The first-order valence-corrected chi connectivity index (χ1v) is 13.4. The van der Waals surface area contributed by atoms with Gasteiger partial charge in [0.15, 0.2) is 4.34 Å². The van der Waals surface area contributed by atoms with Crippen molar-refractivity contribution in [1.82, 2.24) is 14.5 Å². The lowest BCUT2D eigenvalue weighted by Crippen LogP contribution is -2.30. The zero-order valence-electron chi connectivity index (χ0n) is 18.5. The molecule has 1 amide bonds. The van der Waals surface area contributed by atoms with Crippen LogP contribution >= 0.6 is 23.1 Å². The summed E-state index contributed by atoms with van der Waals surface area (Å²) in [5.41, 5.74) is 4.04. The fourth-order valence-corrected chi connectivity index (χ4v) is 6.34. The zero-order valence-corrected chi connectivity index (χ0v) is 20.9. The largest absolute Gasteiger partial charge is 0.296 e. The summed E-state index contributed by atoms with van der Waals surface area (Å²) in [7, 11) is -3.56. The summed E-state index contributed by atoms with van der Waals surface area (Å²) in [5.74, 6) is 0.414. The van der Waals surface area contributed by atoms with Crippen molar-refractivity contribution in [3.05, 3.63) is 64.7 Å². The second-order valence-corrected chi connectivity index (χ2v) is 11.3. The molecular formula is C22H26N4O3S3. The van der Waals surface area contributed by atoms with Gasteiger partial charge in [0, 0.05) is 24.4 Å². The van der Waals surface area contributed by atoms with Gasteiger partial charge in [-0.15, -0.1) is 10.2 Å². The van der Waals surface area contributed by atoms with Crippen LogP contribution in [0.5, 0.6) is 0 Å². The molecule has 10 heteroatoms. The van der Waals surface area contributed by atoms with E-state index in [4.69, 9.17) is 0 Å². The molecule has 7 nitrogen and oxygen atoms in total. The van der Waals surface area contributed by atoms with Gasteiger partial charge in [-0.1, -0.05) is 60.7 Å². The highest BCUT2D eigenvalue weighted by atomic mass is 32.2. The predicted molar refractivity (Wildman–Crippen MR) is 130 cm³/mol. The Morgan fingerprint density at radius 1 is 1.06 bits per heavy atom. The standard InChI is InChI=1S/C22H26N4O3S3/c1-5-26(6-2)32(28,29)19-11-9-17(10-12-19)20(27)23-21-24-25-22(31-21)30-14-18-13-15(3)7-8-16(18)4/h7-13H,5-6,14H2,1-4H3,(H,23,24,27). The normalized spacial score (nSPS) is 11.7. The van der Waals surface area contributed by atoms with Gasteiger partial charge in [0.25, 0.3) is 5.91 Å². The topological polar surface area (TPSA) is 92.3 Å². The fraction of sp³-hybridized carbons (Fsp3) is 0.318. The Hall–Kier alpha value is -2.27. The number of carbonyl (C=O) groups is 1. The minimum absolute atomic E-state index is 0.166. The molecule has 3 aromatic rings. The maximum atomic E-state index is 12.6. The van der Waals surface area contributed by atoms with Gasteiger partial charge in [0.05, 0.1) is 4.90 Å². The second kappa shape index (κ2) is 10.6. The first kappa shape index (κ1) is 24.4. The molecular weight excluding hydrogens is 464 g/mol. The fourth-order valence-electron chi connectivity index (χ4n) is 3.07. The number of benzene rings is 2. The Kier molecular flexibility index (Phi) is 8.05. The zero-order chi connectivity index (χ0) is 23.3. The summed E-state index contributed by atoms with van der Waals surface area (Å²) in [6.07, 6.45) is 0. The van der Waals surface area contributed by atoms with Crippen molar-refractivity contribution in [3.63, 3.8) is 0 Å². The highest BCUT2D eigenvalue weighted by molar-refractivity contribution is 8.00. The van der Waals surface area contributed by atoms with Gasteiger partial charge in [-0.05, 0) is 49.2 Å². The van der Waals surface area contributed by atoms with Crippen LogP contribution < -0.4 is 5.32 Å². The smallest absolute Gasteiger partial charge is 0.257 e. The van der Waals surface area contributed by atoms with Crippen LogP contribution in [0.15, 0.2) is 51.7 Å². The van der Waals surface area contributed by atoms with Gasteiger partial charge in [0.1, 0.15) is 0 Å². The molecule has 0 aliphatic heterocycles. The Bertz CT molecular complexity index is 1190. The van der Waals surface area contributed by atoms with Crippen molar-refractivity contribution in [2.75, 3.05) is 18.4 Å². The number of rotatable bonds is 9. The van der Waals surface area contributed by atoms with Crippen LogP contribution in [-0.4, -0.2) is 41.9 Å². The molecule has 170 valence electrons. The molecule has 32 heavy (non-hydrogen) atoms. The molecule has 0 bridgehead atoms. The van der Waals surface area contributed by atoms with E-state index in [0.29, 0.717) is 23.8 Å². The van der Waals surface area contributed by atoms with Crippen molar-refractivity contribution in [2.24, 2.45) is 0 Å². The number of nitrogens with zero attached hydrogens (tertiary/aromatic N) is 3. The third-order valence-electron chi connectivity index (χ3n) is 4.94. The number of carbonyl (C=O) groups excluding carboxylic acids is 1. The Labute approximate surface area is 197 Å². The van der Waals surface area contributed by atoms with E-state index in [9.17, 15) is 13.2 Å². The maximum Gasteiger partial charge on any atom is 0.257 e. The quantitative estimate of drug-likeness (QED) is 0.344. The lowest BCUT2D eigenvalue weighted by molar-refractivity contribution is 0.102. The van der Waals surface area contributed by atoms with E-state index in [1.54, 1.807) is 25.6 Å². The van der Waals surface area contributed by atoms with E-state index in [2.05, 4.69) is 47.6 Å². The number of thioether (sulfide) groups is 1. The van der Waals surface area contributed by atoms with Crippen LogP contribution in [0.4, 0.5) is 5.13 Å². The van der Waals surface area contributed by atoms with Gasteiger partial charge >= 0.3 is 0 Å². The summed E-state index contributed by atoms with van der Waals surface area (Å²) >= 11 is 2.88. The third kappa shape index (κ3) is 5.74. The van der Waals surface area contributed by atoms with Crippen LogP contribution in [0.1, 0.15) is 40.9 Å². The van der Waals surface area contributed by atoms with Gasteiger partial charge in [0.2, 0.25) is 15.2 Å². The van der Waals surface area contributed by atoms with Gasteiger partial charge in [-0.3, -0.25) is 10.1 Å². The van der Waals surface area contributed by atoms with Gasteiger partial charge in [-0.25, -0.2) is 8.42 Å². The molecule has 1 aromatic heterocycles. The molecule has 0 unspecified atom stereocenters. The second-order valence-electron chi connectivity index (χ2n) is 7.16. The molecule has 1 N–H and O–H groups in total. The molecule has 3 rings (SSSR count). The van der Waals surface area contributed by atoms with Crippen molar-refractivity contribution < 1.29 is 13.2 Å². The molecule has 0 fully saturated rings. The Balaban J connectivity index is 1.63. The summed E-state index contributed by atoms with van der Waals surface area (Å²) < 4.78 is 27.3.